The summed E-state index contributed by atoms with van der Waals surface area (Å²) < 4.78 is 7.26. The fraction of sp³-hybridized carbons (Fsp3) is 0.333. The summed E-state index contributed by atoms with van der Waals surface area (Å²) in [6.07, 6.45) is 7.73. The number of nitrogens with one attached hydrogen (secondary N) is 1. The number of methoxy groups -OCH3 is 1. The molecular weight excluding hydrogens is 719 g/mol. The lowest BCUT2D eigenvalue weighted by molar-refractivity contribution is -0.139. The number of allylic oxidation sites excluding steroid dienone is 1. The SMILES string of the molecule is COc1ccc2c(c1)[C@](O)([C@@H](C)/C=C/CCn1cc(C(CO)c3ccccc3)nn1)C(=O)N2Cc1ccc(N2CN(c3ccccc3)C3(CCNCC3)C2=O)cc1. The van der Waals surface area contributed by atoms with E-state index in [1.54, 1.807) is 28.8 Å². The van der Waals surface area contributed by atoms with Crippen molar-refractivity contribution in [3.05, 3.63) is 144 Å². The van der Waals surface area contributed by atoms with Gasteiger partial charge in [-0.1, -0.05) is 85.0 Å². The van der Waals surface area contributed by atoms with E-state index < -0.39 is 23.0 Å². The van der Waals surface area contributed by atoms with E-state index in [9.17, 15) is 19.8 Å². The van der Waals surface area contributed by atoms with Crippen LogP contribution < -0.4 is 24.8 Å². The molecule has 1 spiro atoms. The summed E-state index contributed by atoms with van der Waals surface area (Å²) >= 11 is 0. The smallest absolute Gasteiger partial charge is 0.264 e. The molecule has 4 heterocycles. The molecule has 8 rings (SSSR count). The summed E-state index contributed by atoms with van der Waals surface area (Å²) in [5.41, 5.74) is 3.07. The monoisotopic (exact) mass is 767 g/mol. The molecule has 0 radical (unpaired) electrons. The van der Waals surface area contributed by atoms with Gasteiger partial charge in [-0.05, 0) is 85.9 Å². The van der Waals surface area contributed by atoms with Crippen LogP contribution in [0.4, 0.5) is 17.1 Å². The van der Waals surface area contributed by atoms with E-state index in [4.69, 9.17) is 4.74 Å². The number of rotatable bonds is 13. The number of fused-ring (bicyclic) bond motifs is 1. The standard InChI is InChI=1S/C45H49N7O5/c1-32(11-9-10-26-49-29-40(47-48-49)38(30-53)34-12-5-3-6-13-34)45(56)39-27-37(57-2)20-21-41(39)50(43(45)55)28-33-16-18-35(19-17-33)51-31-52(36-14-7-4-8-15-36)44(42(51)54)22-24-46-25-23-44/h3-9,11-21,27,29,32,38,46,53,56H,10,22-26,28,30-31H2,1-2H3/b11-9+/t32-,38?,45+/m0/s1. The van der Waals surface area contributed by atoms with Crippen molar-refractivity contribution in [2.45, 2.75) is 56.3 Å². The Morgan fingerprint density at radius 2 is 1.63 bits per heavy atom. The van der Waals surface area contributed by atoms with Crippen molar-refractivity contribution in [3.63, 3.8) is 0 Å². The van der Waals surface area contributed by atoms with Crippen molar-refractivity contribution in [2.24, 2.45) is 5.92 Å². The number of aliphatic hydroxyl groups excluding tert-OH is 1. The Kier molecular flexibility index (Phi) is 10.7. The maximum Gasteiger partial charge on any atom is 0.264 e. The fourth-order valence-corrected chi connectivity index (χ4v) is 8.63. The van der Waals surface area contributed by atoms with E-state index >= 15 is 0 Å². The summed E-state index contributed by atoms with van der Waals surface area (Å²) in [6.45, 7) is 4.57. The van der Waals surface area contributed by atoms with E-state index in [1.807, 2.05) is 109 Å². The van der Waals surface area contributed by atoms with Crippen LogP contribution in [-0.2, 0) is 28.3 Å². The highest BCUT2D eigenvalue weighted by molar-refractivity contribution is 6.08. The molecule has 1 unspecified atom stereocenters. The molecule has 2 amide bonds. The Bertz CT molecular complexity index is 2220. The second kappa shape index (κ2) is 16.0. The Balaban J connectivity index is 0.969. The van der Waals surface area contributed by atoms with Crippen LogP contribution >= 0.6 is 0 Å². The number of piperidine rings is 1. The highest BCUT2D eigenvalue weighted by Gasteiger charge is 2.54. The number of anilines is 3. The van der Waals surface area contributed by atoms with Gasteiger partial charge in [0.2, 0.25) is 0 Å². The van der Waals surface area contributed by atoms with Gasteiger partial charge in [-0.25, -0.2) is 0 Å². The Morgan fingerprint density at radius 1 is 0.912 bits per heavy atom. The van der Waals surface area contributed by atoms with Crippen molar-refractivity contribution >= 4 is 28.9 Å². The number of amides is 2. The minimum atomic E-state index is -1.82. The van der Waals surface area contributed by atoms with Gasteiger partial charge in [0, 0.05) is 35.6 Å². The lowest BCUT2D eigenvalue weighted by atomic mass is 9.83. The molecule has 4 aromatic carbocycles. The van der Waals surface area contributed by atoms with Gasteiger partial charge in [-0.3, -0.25) is 19.2 Å². The molecule has 2 saturated heterocycles. The molecule has 57 heavy (non-hydrogen) atoms. The Labute approximate surface area is 333 Å². The third-order valence-corrected chi connectivity index (χ3v) is 11.9. The number of para-hydroxylation sites is 1. The largest absolute Gasteiger partial charge is 0.497 e. The van der Waals surface area contributed by atoms with Gasteiger partial charge >= 0.3 is 0 Å². The van der Waals surface area contributed by atoms with Crippen LogP contribution in [0.25, 0.3) is 0 Å². The molecule has 0 bridgehead atoms. The molecule has 0 aliphatic carbocycles. The first-order chi connectivity index (χ1) is 27.8. The third kappa shape index (κ3) is 6.98. The Morgan fingerprint density at radius 3 is 2.33 bits per heavy atom. The second-order valence-corrected chi connectivity index (χ2v) is 15.2. The number of benzene rings is 4. The summed E-state index contributed by atoms with van der Waals surface area (Å²) in [7, 11) is 1.57. The van der Waals surface area contributed by atoms with Crippen LogP contribution in [0.15, 0.2) is 121 Å². The zero-order chi connectivity index (χ0) is 39.6. The van der Waals surface area contributed by atoms with Crippen molar-refractivity contribution in [1.82, 2.24) is 20.3 Å². The normalized spacial score (nSPS) is 20.1. The number of hydrogen-bond donors (Lipinski definition) is 3. The maximum absolute atomic E-state index is 14.4. The van der Waals surface area contributed by atoms with E-state index in [0.717, 1.165) is 48.4 Å². The minimum absolute atomic E-state index is 0.0756. The molecule has 12 nitrogen and oxygen atoms in total. The van der Waals surface area contributed by atoms with Gasteiger partial charge in [-0.2, -0.15) is 0 Å². The van der Waals surface area contributed by atoms with Gasteiger partial charge in [0.15, 0.2) is 5.60 Å². The molecule has 0 saturated carbocycles. The van der Waals surface area contributed by atoms with Gasteiger partial charge < -0.3 is 30.1 Å². The summed E-state index contributed by atoms with van der Waals surface area (Å²) in [5.74, 6) is -0.586. The van der Waals surface area contributed by atoms with Crippen LogP contribution in [0.2, 0.25) is 0 Å². The molecule has 1 aromatic heterocycles. The van der Waals surface area contributed by atoms with E-state index in [0.29, 0.717) is 42.3 Å². The summed E-state index contributed by atoms with van der Waals surface area (Å²) in [6, 6.07) is 33.1. The van der Waals surface area contributed by atoms with Crippen LogP contribution in [0.5, 0.6) is 5.75 Å². The average Bonchev–Trinajstić information content (AvgIpc) is 3.89. The Hall–Kier alpha value is -5.82. The van der Waals surface area contributed by atoms with Crippen molar-refractivity contribution in [1.29, 1.82) is 0 Å². The number of aliphatic hydroxyl groups is 2. The van der Waals surface area contributed by atoms with Crippen LogP contribution in [0.1, 0.15) is 54.5 Å². The topological polar surface area (TPSA) is 136 Å². The predicted octanol–water partition coefficient (Wildman–Crippen LogP) is 5.36. The number of aromatic nitrogens is 3. The first-order valence-electron chi connectivity index (χ1n) is 19.7. The third-order valence-electron chi connectivity index (χ3n) is 11.9. The first kappa shape index (κ1) is 38.1. The van der Waals surface area contributed by atoms with Crippen molar-refractivity contribution in [2.75, 3.05) is 48.2 Å². The van der Waals surface area contributed by atoms with Crippen LogP contribution in [-0.4, -0.2) is 76.0 Å². The van der Waals surface area contributed by atoms with Crippen molar-refractivity contribution in [3.8, 4) is 5.75 Å². The lowest BCUT2D eigenvalue weighted by Gasteiger charge is -2.39. The zero-order valence-corrected chi connectivity index (χ0v) is 32.4. The van der Waals surface area contributed by atoms with Crippen molar-refractivity contribution < 1.29 is 24.5 Å². The van der Waals surface area contributed by atoms with E-state index in [1.165, 1.54) is 0 Å². The molecule has 2 fully saturated rings. The molecule has 5 aromatic rings. The van der Waals surface area contributed by atoms with Gasteiger partial charge in [0.25, 0.3) is 11.8 Å². The zero-order valence-electron chi connectivity index (χ0n) is 32.4. The van der Waals surface area contributed by atoms with Crippen LogP contribution in [0.3, 0.4) is 0 Å². The summed E-state index contributed by atoms with van der Waals surface area (Å²) in [4.78, 5) is 34.3. The number of nitrogens with zero attached hydrogens (tertiary/aromatic N) is 6. The number of carbonyl (C=O) groups is 2. The first-order valence-corrected chi connectivity index (χ1v) is 19.7. The second-order valence-electron chi connectivity index (χ2n) is 15.2. The molecule has 3 aliphatic heterocycles. The molecule has 3 atom stereocenters. The van der Waals surface area contributed by atoms with Gasteiger partial charge in [0.05, 0.1) is 44.2 Å². The number of ether oxygens (including phenoxy) is 1. The molecule has 294 valence electrons. The van der Waals surface area contributed by atoms with Crippen LogP contribution in [0, 0.1) is 5.92 Å². The highest BCUT2D eigenvalue weighted by atomic mass is 16.5. The highest BCUT2D eigenvalue weighted by Crippen LogP contribution is 2.47. The van der Waals surface area contributed by atoms with Gasteiger partial charge in [-0.15, -0.1) is 5.10 Å². The quantitative estimate of drug-likeness (QED) is 0.135. The van der Waals surface area contributed by atoms with Gasteiger partial charge in [0.1, 0.15) is 11.3 Å². The summed E-state index contributed by atoms with van der Waals surface area (Å²) in [5, 5.41) is 34.4. The molecule has 3 N–H and O–H groups in total. The molecule has 3 aliphatic rings. The number of hydrogen-bond acceptors (Lipinski definition) is 9. The molecule has 12 heteroatoms. The minimum Gasteiger partial charge on any atom is -0.497 e. The molecular formula is C45H49N7O5. The van der Waals surface area contributed by atoms with E-state index in [2.05, 4.69) is 32.7 Å². The number of carbonyl (C=O) groups excluding carboxylic acids is 2. The predicted molar refractivity (Wildman–Crippen MR) is 219 cm³/mol. The lowest BCUT2D eigenvalue weighted by Crippen LogP contribution is -2.55. The fourth-order valence-electron chi connectivity index (χ4n) is 8.63. The number of aryl methyl sites for hydroxylation is 1. The van der Waals surface area contributed by atoms with E-state index in [-0.39, 0.29) is 25.0 Å². The maximum atomic E-state index is 14.4. The average molecular weight is 768 g/mol.